The number of methoxy groups -OCH3 is 3. The molecule has 0 spiro atoms. The molecule has 0 saturated carbocycles. The van der Waals surface area contributed by atoms with Crippen LogP contribution in [0.5, 0.6) is 11.5 Å². The summed E-state index contributed by atoms with van der Waals surface area (Å²) in [6.07, 6.45) is 1.10. The monoisotopic (exact) mass is 371 g/mol. The number of hydrogen-bond acceptors (Lipinski definition) is 6. The van der Waals surface area contributed by atoms with Crippen LogP contribution >= 0.6 is 0 Å². The minimum absolute atomic E-state index is 0.122. The van der Waals surface area contributed by atoms with Gasteiger partial charge in [0.05, 0.1) is 26.9 Å². The van der Waals surface area contributed by atoms with Crippen LogP contribution in [0.4, 0.5) is 0 Å². The van der Waals surface area contributed by atoms with Crippen LogP contribution in [0.1, 0.15) is 36.2 Å². The molecule has 1 N–H and O–H groups in total. The van der Waals surface area contributed by atoms with Crippen LogP contribution in [-0.4, -0.2) is 32.4 Å². The average molecular weight is 371 g/mol. The molecule has 0 aromatic heterocycles. The van der Waals surface area contributed by atoms with E-state index in [4.69, 9.17) is 19.6 Å². The van der Waals surface area contributed by atoms with Gasteiger partial charge in [0, 0.05) is 17.2 Å². The molecular formula is C20H23N2O5+. The first-order valence-electron chi connectivity index (χ1n) is 8.28. The van der Waals surface area contributed by atoms with E-state index in [9.17, 15) is 9.90 Å². The molecular weight excluding hydrogens is 348 g/mol. The molecule has 0 unspecified atom stereocenters. The van der Waals surface area contributed by atoms with E-state index in [1.165, 1.54) is 7.11 Å². The Morgan fingerprint density at radius 2 is 1.89 bits per heavy atom. The standard InChI is InChI=1S/C20H22N2O5/c1-20(2,10-12(23)11-22-21)16-9-17(26-4)14-7-6-13(25-3)8-15(14)18(16)19(24)27-5/h6-9,11H,10H2,1-5H3/p+1/b12-11-. The SMILES string of the molecule is COC(=O)c1c(C(C)(C)C/C(O)=C/[N+]#N)cc(OC)c2ccc(OC)cc12. The molecule has 0 bridgehead atoms. The fourth-order valence-electron chi connectivity index (χ4n) is 3.18. The summed E-state index contributed by atoms with van der Waals surface area (Å²) in [4.78, 5) is 15.5. The highest BCUT2D eigenvalue weighted by Gasteiger charge is 2.32. The Morgan fingerprint density at radius 3 is 2.44 bits per heavy atom. The zero-order valence-corrected chi connectivity index (χ0v) is 16.1. The number of rotatable bonds is 6. The van der Waals surface area contributed by atoms with Gasteiger partial charge >= 0.3 is 12.2 Å². The molecule has 2 aromatic rings. The third-order valence-electron chi connectivity index (χ3n) is 4.47. The van der Waals surface area contributed by atoms with Gasteiger partial charge in [-0.3, -0.25) is 0 Å². The van der Waals surface area contributed by atoms with Gasteiger partial charge < -0.3 is 19.3 Å². The summed E-state index contributed by atoms with van der Waals surface area (Å²) in [5.74, 6) is 0.544. The molecule has 0 saturated heterocycles. The third-order valence-corrected chi connectivity index (χ3v) is 4.47. The fraction of sp³-hybridized carbons (Fsp3) is 0.350. The van der Waals surface area contributed by atoms with Crippen molar-refractivity contribution in [3.05, 3.63) is 52.3 Å². The van der Waals surface area contributed by atoms with Crippen molar-refractivity contribution in [1.29, 1.82) is 5.39 Å². The summed E-state index contributed by atoms with van der Waals surface area (Å²) in [6.45, 7) is 3.73. The third kappa shape index (κ3) is 3.95. The van der Waals surface area contributed by atoms with E-state index < -0.39 is 11.4 Å². The van der Waals surface area contributed by atoms with Gasteiger partial charge in [0.1, 0.15) is 11.5 Å². The number of fused-ring (bicyclic) bond motifs is 1. The predicted octanol–water partition coefficient (Wildman–Crippen LogP) is 4.56. The van der Waals surface area contributed by atoms with Gasteiger partial charge in [-0.25, -0.2) is 4.79 Å². The number of aliphatic hydroxyl groups excluding tert-OH is 1. The molecule has 2 rings (SSSR count). The molecule has 0 radical (unpaired) electrons. The minimum Gasteiger partial charge on any atom is -0.505 e. The van der Waals surface area contributed by atoms with Gasteiger partial charge in [0.15, 0.2) is 10.7 Å². The highest BCUT2D eigenvalue weighted by molar-refractivity contribution is 6.08. The first-order chi connectivity index (χ1) is 12.8. The van der Waals surface area contributed by atoms with Gasteiger partial charge in [0.2, 0.25) is 5.39 Å². The van der Waals surface area contributed by atoms with Crippen molar-refractivity contribution in [3.63, 3.8) is 0 Å². The number of esters is 1. The van der Waals surface area contributed by atoms with Crippen molar-refractivity contribution in [2.75, 3.05) is 21.3 Å². The van der Waals surface area contributed by atoms with Gasteiger partial charge in [-0.05, 0) is 35.2 Å². The quantitative estimate of drug-likeness (QED) is 0.454. The van der Waals surface area contributed by atoms with Crippen LogP contribution < -0.4 is 9.47 Å². The van der Waals surface area contributed by atoms with Crippen LogP contribution in [0.2, 0.25) is 0 Å². The lowest BCUT2D eigenvalue weighted by molar-refractivity contribution is 0.0600. The van der Waals surface area contributed by atoms with Crippen molar-refractivity contribution in [1.82, 2.24) is 0 Å². The summed E-state index contributed by atoms with van der Waals surface area (Å²) >= 11 is 0. The lowest BCUT2D eigenvalue weighted by atomic mass is 9.77. The van der Waals surface area contributed by atoms with E-state index >= 15 is 0 Å². The number of allylic oxidation sites excluding steroid dienone is 1. The number of diazo groups is 1. The summed E-state index contributed by atoms with van der Waals surface area (Å²) in [5.41, 5.74) is 0.301. The lowest BCUT2D eigenvalue weighted by Crippen LogP contribution is -2.23. The maximum absolute atomic E-state index is 12.7. The molecule has 0 aliphatic heterocycles. The van der Waals surface area contributed by atoms with Crippen LogP contribution in [0.3, 0.4) is 0 Å². The van der Waals surface area contributed by atoms with E-state index in [0.29, 0.717) is 28.0 Å². The first kappa shape index (κ1) is 20.0. The number of hydrogen-bond donors (Lipinski definition) is 1. The van der Waals surface area contributed by atoms with Gasteiger partial charge in [-0.2, -0.15) is 0 Å². The average Bonchev–Trinajstić information content (AvgIpc) is 2.65. The van der Waals surface area contributed by atoms with Crippen molar-refractivity contribution in [3.8, 4) is 11.5 Å². The van der Waals surface area contributed by atoms with Crippen molar-refractivity contribution in [2.45, 2.75) is 25.7 Å². The Morgan fingerprint density at radius 1 is 1.19 bits per heavy atom. The number of ether oxygens (including phenoxy) is 3. The van der Waals surface area contributed by atoms with Gasteiger partial charge in [0.25, 0.3) is 0 Å². The first-order valence-corrected chi connectivity index (χ1v) is 8.28. The molecule has 0 amide bonds. The summed E-state index contributed by atoms with van der Waals surface area (Å²) in [7, 11) is 4.41. The van der Waals surface area contributed by atoms with E-state index in [1.54, 1.807) is 32.4 Å². The largest absolute Gasteiger partial charge is 0.505 e. The van der Waals surface area contributed by atoms with E-state index in [2.05, 4.69) is 4.98 Å². The zero-order chi connectivity index (χ0) is 20.2. The van der Waals surface area contributed by atoms with Gasteiger partial charge in [-0.15, -0.1) is 0 Å². The summed E-state index contributed by atoms with van der Waals surface area (Å²) in [6, 6.07) is 7.12. The molecule has 0 atom stereocenters. The fourth-order valence-corrected chi connectivity index (χ4v) is 3.18. The topological polar surface area (TPSA) is 93.1 Å². The van der Waals surface area contributed by atoms with Gasteiger partial charge in [-0.1, -0.05) is 13.8 Å². The van der Waals surface area contributed by atoms with Crippen LogP contribution in [-0.2, 0) is 10.2 Å². The van der Waals surface area contributed by atoms with E-state index in [-0.39, 0.29) is 12.2 Å². The van der Waals surface area contributed by atoms with E-state index in [1.807, 2.05) is 19.9 Å². The zero-order valence-electron chi connectivity index (χ0n) is 16.1. The Labute approximate surface area is 157 Å². The summed E-state index contributed by atoms with van der Waals surface area (Å²) < 4.78 is 15.9. The molecule has 27 heavy (non-hydrogen) atoms. The molecule has 0 heterocycles. The molecule has 0 fully saturated rings. The Kier molecular flexibility index (Phi) is 5.91. The Balaban J connectivity index is 2.86. The van der Waals surface area contributed by atoms with Crippen molar-refractivity contribution in [2.24, 2.45) is 0 Å². The lowest BCUT2D eigenvalue weighted by Gasteiger charge is -2.28. The van der Waals surface area contributed by atoms with Crippen LogP contribution in [0.15, 0.2) is 36.2 Å². The van der Waals surface area contributed by atoms with E-state index in [0.717, 1.165) is 11.6 Å². The maximum atomic E-state index is 12.7. The number of nitrogens with zero attached hydrogens (tertiary/aromatic N) is 2. The van der Waals surface area contributed by atoms with Crippen molar-refractivity contribution >= 4 is 16.7 Å². The molecule has 7 nitrogen and oxygen atoms in total. The molecule has 0 aliphatic carbocycles. The highest BCUT2D eigenvalue weighted by Crippen LogP contribution is 2.41. The second kappa shape index (κ2) is 7.96. The van der Waals surface area contributed by atoms with Crippen LogP contribution in [0.25, 0.3) is 15.7 Å². The molecule has 2 aromatic carbocycles. The normalized spacial score (nSPS) is 11.8. The summed E-state index contributed by atoms with van der Waals surface area (Å²) in [5, 5.41) is 20.0. The molecule has 7 heteroatoms. The number of benzene rings is 2. The Hall–Kier alpha value is -3.27. The molecule has 142 valence electrons. The number of aliphatic hydroxyl groups is 1. The highest BCUT2D eigenvalue weighted by atomic mass is 16.5. The second-order valence-electron chi connectivity index (χ2n) is 6.70. The number of carbonyl (C=O) groups is 1. The Bertz CT molecular complexity index is 942. The smallest absolute Gasteiger partial charge is 0.387 e. The number of carbonyl (C=O) groups excluding carboxylic acids is 1. The maximum Gasteiger partial charge on any atom is 0.387 e. The van der Waals surface area contributed by atoms with Crippen LogP contribution in [0, 0.1) is 5.39 Å². The predicted molar refractivity (Wildman–Crippen MR) is 102 cm³/mol. The van der Waals surface area contributed by atoms with Crippen molar-refractivity contribution < 1.29 is 24.1 Å². The minimum atomic E-state index is -0.695. The molecule has 0 aliphatic rings. The second-order valence-corrected chi connectivity index (χ2v) is 6.70.